The number of carboxylic acids is 1. The number of imidazole rings is 1. The van der Waals surface area contributed by atoms with Gasteiger partial charge in [-0.25, -0.2) is 14.6 Å². The van der Waals surface area contributed by atoms with Crippen LogP contribution in [0.1, 0.15) is 38.8 Å². The summed E-state index contributed by atoms with van der Waals surface area (Å²) < 4.78 is 0. The van der Waals surface area contributed by atoms with Gasteiger partial charge in [-0.15, -0.1) is 0 Å². The highest BCUT2D eigenvalue weighted by atomic mass is 16.4. The van der Waals surface area contributed by atoms with Crippen molar-refractivity contribution in [3.8, 4) is 0 Å². The van der Waals surface area contributed by atoms with E-state index in [2.05, 4.69) is 27.5 Å². The molecule has 0 bridgehead atoms. The number of unbranched alkanes of at least 4 members (excludes halogenated alkanes) is 1. The molecule has 4 N–H and O–H groups in total. The van der Waals surface area contributed by atoms with Crippen molar-refractivity contribution in [1.29, 1.82) is 0 Å². The Morgan fingerprint density at radius 2 is 2.20 bits per heavy atom. The van der Waals surface area contributed by atoms with Crippen molar-refractivity contribution >= 4 is 12.0 Å². The molecule has 0 saturated heterocycles. The highest BCUT2D eigenvalue weighted by Crippen LogP contribution is 2.01. The summed E-state index contributed by atoms with van der Waals surface area (Å²) in [6, 6.07) is -1.41. The number of amides is 2. The van der Waals surface area contributed by atoms with Gasteiger partial charge in [-0.3, -0.25) is 0 Å². The number of carboxylic acid groups (broad SMARTS) is 1. The molecule has 7 heteroatoms. The lowest BCUT2D eigenvalue weighted by Crippen LogP contribution is -2.49. The van der Waals surface area contributed by atoms with Crippen LogP contribution < -0.4 is 10.6 Å². The Hall–Kier alpha value is -2.05. The molecule has 0 saturated carbocycles. The number of hydrogen-bond donors (Lipinski definition) is 4. The van der Waals surface area contributed by atoms with Crippen LogP contribution in [-0.4, -0.2) is 39.2 Å². The Bertz CT molecular complexity index is 419. The topological polar surface area (TPSA) is 107 Å². The number of aromatic amines is 1. The fraction of sp³-hybridized carbons (Fsp3) is 0.615. The van der Waals surface area contributed by atoms with Gasteiger partial charge in [-0.1, -0.05) is 19.8 Å². The van der Waals surface area contributed by atoms with E-state index in [9.17, 15) is 9.59 Å². The van der Waals surface area contributed by atoms with E-state index in [0.29, 0.717) is 5.69 Å². The Kier molecular flexibility index (Phi) is 6.55. The molecule has 1 rings (SSSR count). The molecule has 1 aromatic heterocycles. The van der Waals surface area contributed by atoms with Gasteiger partial charge in [0.2, 0.25) is 0 Å². The number of carbonyl (C=O) groups excluding carboxylic acids is 1. The summed E-state index contributed by atoms with van der Waals surface area (Å²) in [6.45, 7) is 3.98. The molecular formula is C13H22N4O3. The summed E-state index contributed by atoms with van der Waals surface area (Å²) in [7, 11) is 0. The number of hydrogen-bond acceptors (Lipinski definition) is 3. The zero-order valence-corrected chi connectivity index (χ0v) is 11.8. The van der Waals surface area contributed by atoms with Gasteiger partial charge in [0.15, 0.2) is 0 Å². The van der Waals surface area contributed by atoms with Crippen molar-refractivity contribution < 1.29 is 14.7 Å². The Morgan fingerprint density at radius 3 is 2.75 bits per heavy atom. The Labute approximate surface area is 118 Å². The quantitative estimate of drug-likeness (QED) is 0.576. The van der Waals surface area contributed by atoms with Crippen LogP contribution in [0.15, 0.2) is 12.5 Å². The molecule has 0 radical (unpaired) electrons. The lowest BCUT2D eigenvalue weighted by Gasteiger charge is -2.17. The molecular weight excluding hydrogens is 260 g/mol. The van der Waals surface area contributed by atoms with E-state index in [1.54, 1.807) is 6.20 Å². The fourth-order valence-electron chi connectivity index (χ4n) is 1.82. The summed E-state index contributed by atoms with van der Waals surface area (Å²) in [4.78, 5) is 29.5. The molecule has 1 unspecified atom stereocenters. The van der Waals surface area contributed by atoms with Gasteiger partial charge in [0, 0.05) is 24.4 Å². The monoisotopic (exact) mass is 282 g/mol. The number of aromatic nitrogens is 2. The molecule has 0 aliphatic heterocycles. The van der Waals surface area contributed by atoms with Crippen molar-refractivity contribution in [3.05, 3.63) is 18.2 Å². The molecule has 2 atom stereocenters. The predicted molar refractivity (Wildman–Crippen MR) is 74.4 cm³/mol. The maximum Gasteiger partial charge on any atom is 0.326 e. The Morgan fingerprint density at radius 1 is 1.45 bits per heavy atom. The predicted octanol–water partition coefficient (Wildman–Crippen LogP) is 1.28. The molecule has 0 spiro atoms. The third-order valence-electron chi connectivity index (χ3n) is 2.95. The van der Waals surface area contributed by atoms with E-state index >= 15 is 0 Å². The first kappa shape index (κ1) is 16.0. The number of aliphatic carboxylic acids is 1. The first-order valence-electron chi connectivity index (χ1n) is 6.80. The molecule has 1 aromatic rings. The van der Waals surface area contributed by atoms with Crippen LogP contribution in [0, 0.1) is 0 Å². The van der Waals surface area contributed by atoms with Crippen LogP contribution in [-0.2, 0) is 11.2 Å². The van der Waals surface area contributed by atoms with Gasteiger partial charge in [0.05, 0.1) is 6.33 Å². The summed E-state index contributed by atoms with van der Waals surface area (Å²) in [5.74, 6) is -1.07. The van der Waals surface area contributed by atoms with E-state index in [1.165, 1.54) is 6.33 Å². The zero-order valence-electron chi connectivity index (χ0n) is 11.8. The zero-order chi connectivity index (χ0) is 15.0. The smallest absolute Gasteiger partial charge is 0.326 e. The molecule has 0 aromatic carbocycles. The molecule has 2 amide bonds. The minimum absolute atomic E-state index is 0.0246. The average molecular weight is 282 g/mol. The standard InChI is InChI=1S/C13H22N4O3/c1-3-4-5-9(2)16-13(20)17-11(12(18)19)6-10-7-14-8-15-10/h7-9,11H,3-6H2,1-2H3,(H,14,15)(H,18,19)(H2,16,17,20)/t9?,11-/m0/s1. The van der Waals surface area contributed by atoms with Gasteiger partial charge in [0.25, 0.3) is 0 Å². The molecule has 0 aliphatic carbocycles. The molecule has 1 heterocycles. The van der Waals surface area contributed by atoms with E-state index in [-0.39, 0.29) is 12.5 Å². The largest absolute Gasteiger partial charge is 0.480 e. The maximum absolute atomic E-state index is 11.7. The molecule has 7 nitrogen and oxygen atoms in total. The second-order valence-electron chi connectivity index (χ2n) is 4.83. The number of carbonyl (C=O) groups is 2. The number of nitrogens with zero attached hydrogens (tertiary/aromatic N) is 1. The summed E-state index contributed by atoms with van der Waals surface area (Å²) in [5, 5.41) is 14.3. The average Bonchev–Trinajstić information content (AvgIpc) is 2.88. The number of H-pyrrole nitrogens is 1. The van der Waals surface area contributed by atoms with E-state index in [1.807, 2.05) is 6.92 Å². The van der Waals surface area contributed by atoms with Gasteiger partial charge in [-0.05, 0) is 13.3 Å². The minimum Gasteiger partial charge on any atom is -0.480 e. The lowest BCUT2D eigenvalue weighted by molar-refractivity contribution is -0.139. The van der Waals surface area contributed by atoms with Crippen LogP contribution in [0.2, 0.25) is 0 Å². The first-order valence-corrected chi connectivity index (χ1v) is 6.80. The molecule has 0 fully saturated rings. The van der Waals surface area contributed by atoms with Gasteiger partial charge >= 0.3 is 12.0 Å². The summed E-state index contributed by atoms with van der Waals surface area (Å²) in [5.41, 5.74) is 0.664. The van der Waals surface area contributed by atoms with Crippen LogP contribution in [0.3, 0.4) is 0 Å². The molecule has 20 heavy (non-hydrogen) atoms. The summed E-state index contributed by atoms with van der Waals surface area (Å²) >= 11 is 0. The van der Waals surface area contributed by atoms with Crippen LogP contribution in [0.4, 0.5) is 4.79 Å². The van der Waals surface area contributed by atoms with Crippen molar-refractivity contribution in [2.24, 2.45) is 0 Å². The second kappa shape index (κ2) is 8.19. The minimum atomic E-state index is -1.07. The van der Waals surface area contributed by atoms with E-state index in [4.69, 9.17) is 5.11 Å². The van der Waals surface area contributed by atoms with Gasteiger partial charge in [0.1, 0.15) is 6.04 Å². The lowest BCUT2D eigenvalue weighted by atomic mass is 10.1. The third kappa shape index (κ3) is 5.73. The van der Waals surface area contributed by atoms with Crippen molar-refractivity contribution in [1.82, 2.24) is 20.6 Å². The molecule has 112 valence electrons. The fourth-order valence-corrected chi connectivity index (χ4v) is 1.82. The van der Waals surface area contributed by atoms with Crippen molar-refractivity contribution in [2.75, 3.05) is 0 Å². The maximum atomic E-state index is 11.7. The van der Waals surface area contributed by atoms with Crippen molar-refractivity contribution in [3.63, 3.8) is 0 Å². The molecule has 0 aliphatic rings. The SMILES string of the molecule is CCCCC(C)NC(=O)N[C@@H](Cc1cnc[nH]1)C(=O)O. The van der Waals surface area contributed by atoms with Crippen molar-refractivity contribution in [2.45, 2.75) is 51.6 Å². The van der Waals surface area contributed by atoms with Crippen LogP contribution in [0.25, 0.3) is 0 Å². The first-order chi connectivity index (χ1) is 9.52. The Balaban J connectivity index is 2.45. The highest BCUT2D eigenvalue weighted by molar-refractivity contribution is 5.82. The normalized spacial score (nSPS) is 13.5. The third-order valence-corrected chi connectivity index (χ3v) is 2.95. The van der Waals surface area contributed by atoms with E-state index < -0.39 is 18.0 Å². The second-order valence-corrected chi connectivity index (χ2v) is 4.83. The number of rotatable bonds is 8. The van der Waals surface area contributed by atoms with E-state index in [0.717, 1.165) is 19.3 Å². The van der Waals surface area contributed by atoms with Crippen LogP contribution >= 0.6 is 0 Å². The number of nitrogens with one attached hydrogen (secondary N) is 3. The highest BCUT2D eigenvalue weighted by Gasteiger charge is 2.21. The van der Waals surface area contributed by atoms with Crippen LogP contribution in [0.5, 0.6) is 0 Å². The van der Waals surface area contributed by atoms with Gasteiger partial charge < -0.3 is 20.7 Å². The number of urea groups is 1. The van der Waals surface area contributed by atoms with Gasteiger partial charge in [-0.2, -0.15) is 0 Å². The summed E-state index contributed by atoms with van der Waals surface area (Å²) in [6.07, 6.45) is 6.15.